The fourth-order valence-electron chi connectivity index (χ4n) is 3.90. The lowest BCUT2D eigenvalue weighted by Crippen LogP contribution is -2.50. The minimum absolute atomic E-state index is 0.241. The van der Waals surface area contributed by atoms with Crippen molar-refractivity contribution in [3.63, 3.8) is 0 Å². The Bertz CT molecular complexity index is 1600. The molecule has 0 heterocycles. The molecule has 0 aliphatic heterocycles. The van der Waals surface area contributed by atoms with E-state index in [0.29, 0.717) is 38.2 Å². The van der Waals surface area contributed by atoms with Gasteiger partial charge >= 0.3 is 0 Å². The highest BCUT2D eigenvalue weighted by atomic mass is 79.9. The summed E-state index contributed by atoms with van der Waals surface area (Å²) >= 11 is 21.8. The van der Waals surface area contributed by atoms with Gasteiger partial charge in [-0.2, -0.15) is 5.10 Å². The van der Waals surface area contributed by atoms with Crippen LogP contribution in [0.15, 0.2) is 101 Å². The standard InChI is InChI=1S/C32H27BrCl3N3O4/c1-20(43-30-14-12-24(34)17-27(30)36)31(40)38-28(16-21-7-3-2-4-8-21)32(41)39-37-18-22-11-13-29(25(33)15-22)42-19-23-9-5-6-10-26(23)35/h2-15,17-18,20,28H,16,19H2,1H3,(H,38,40)(H,39,41)/b37-18-/t20-,28+/m1/s1. The number of nitrogens with zero attached hydrogens (tertiary/aromatic N) is 1. The second-order valence-electron chi connectivity index (χ2n) is 9.39. The molecule has 2 amide bonds. The molecular weight excluding hydrogens is 677 g/mol. The van der Waals surface area contributed by atoms with Crippen LogP contribution in [0, 0.1) is 0 Å². The van der Waals surface area contributed by atoms with Gasteiger partial charge in [0, 0.05) is 22.0 Å². The van der Waals surface area contributed by atoms with E-state index in [9.17, 15) is 9.59 Å². The lowest BCUT2D eigenvalue weighted by Gasteiger charge is -2.21. The van der Waals surface area contributed by atoms with Crippen LogP contribution >= 0.6 is 50.7 Å². The summed E-state index contributed by atoms with van der Waals surface area (Å²) in [4.78, 5) is 26.2. The van der Waals surface area contributed by atoms with E-state index in [1.54, 1.807) is 31.2 Å². The van der Waals surface area contributed by atoms with Gasteiger partial charge in [0.05, 0.1) is 15.7 Å². The second kappa shape index (κ2) is 15.8. The molecule has 4 rings (SSSR count). The quantitative estimate of drug-likeness (QED) is 0.117. The van der Waals surface area contributed by atoms with Crippen molar-refractivity contribution >= 4 is 68.8 Å². The molecule has 0 unspecified atom stereocenters. The van der Waals surface area contributed by atoms with Crippen molar-refractivity contribution in [2.45, 2.75) is 32.1 Å². The molecule has 0 bridgehead atoms. The van der Waals surface area contributed by atoms with E-state index in [4.69, 9.17) is 44.3 Å². The summed E-state index contributed by atoms with van der Waals surface area (Å²) in [5.74, 6) is -0.0666. The van der Waals surface area contributed by atoms with Gasteiger partial charge in [-0.25, -0.2) is 5.43 Å². The summed E-state index contributed by atoms with van der Waals surface area (Å²) in [6.07, 6.45) is 0.797. The van der Waals surface area contributed by atoms with Crippen LogP contribution in [0.1, 0.15) is 23.6 Å². The molecule has 0 saturated carbocycles. The van der Waals surface area contributed by atoms with Gasteiger partial charge in [-0.3, -0.25) is 9.59 Å². The van der Waals surface area contributed by atoms with Gasteiger partial charge in [0.25, 0.3) is 11.8 Å². The molecule has 2 atom stereocenters. The van der Waals surface area contributed by atoms with Gasteiger partial charge in [-0.05, 0) is 76.4 Å². The second-order valence-corrected chi connectivity index (χ2v) is 11.5. The summed E-state index contributed by atoms with van der Waals surface area (Å²) < 4.78 is 12.3. The summed E-state index contributed by atoms with van der Waals surface area (Å²) in [7, 11) is 0. The van der Waals surface area contributed by atoms with Gasteiger partial charge in [0.15, 0.2) is 6.10 Å². The topological polar surface area (TPSA) is 89.0 Å². The van der Waals surface area contributed by atoms with Crippen molar-refractivity contribution in [3.05, 3.63) is 127 Å². The Morgan fingerprint density at radius 3 is 2.33 bits per heavy atom. The number of hydrazone groups is 1. The molecule has 4 aromatic carbocycles. The highest BCUT2D eigenvalue weighted by molar-refractivity contribution is 9.10. The van der Waals surface area contributed by atoms with Crippen LogP contribution in [0.25, 0.3) is 0 Å². The Kier molecular flexibility index (Phi) is 11.9. The number of hydrogen-bond acceptors (Lipinski definition) is 5. The summed E-state index contributed by atoms with van der Waals surface area (Å²) in [6, 6.07) is 26.0. The Morgan fingerprint density at radius 2 is 1.60 bits per heavy atom. The van der Waals surface area contributed by atoms with E-state index >= 15 is 0 Å². The van der Waals surface area contributed by atoms with Gasteiger partial charge in [0.1, 0.15) is 24.1 Å². The van der Waals surface area contributed by atoms with Gasteiger partial charge in [0.2, 0.25) is 0 Å². The van der Waals surface area contributed by atoms with Crippen molar-refractivity contribution < 1.29 is 19.1 Å². The van der Waals surface area contributed by atoms with Crippen molar-refractivity contribution in [1.82, 2.24) is 10.7 Å². The van der Waals surface area contributed by atoms with Crippen molar-refractivity contribution in [2.24, 2.45) is 5.10 Å². The monoisotopic (exact) mass is 701 g/mol. The number of nitrogens with one attached hydrogen (secondary N) is 2. The van der Waals surface area contributed by atoms with Gasteiger partial charge < -0.3 is 14.8 Å². The third kappa shape index (κ3) is 9.73. The first kappa shape index (κ1) is 32.4. The number of ether oxygens (including phenoxy) is 2. The average molecular weight is 704 g/mol. The Hall–Kier alpha value is -3.56. The normalized spacial score (nSPS) is 12.4. The van der Waals surface area contributed by atoms with Gasteiger partial charge in [-0.15, -0.1) is 0 Å². The predicted octanol–water partition coefficient (Wildman–Crippen LogP) is 7.63. The highest BCUT2D eigenvalue weighted by Crippen LogP contribution is 2.29. The number of amides is 2. The molecule has 11 heteroatoms. The fourth-order valence-corrected chi connectivity index (χ4v) is 5.05. The third-order valence-electron chi connectivity index (χ3n) is 6.17. The zero-order chi connectivity index (χ0) is 30.8. The highest BCUT2D eigenvalue weighted by Gasteiger charge is 2.25. The molecule has 7 nitrogen and oxygen atoms in total. The lowest BCUT2D eigenvalue weighted by atomic mass is 10.1. The van der Waals surface area contributed by atoms with Crippen LogP contribution in [-0.4, -0.2) is 30.2 Å². The Balaban J connectivity index is 1.38. The zero-order valence-corrected chi connectivity index (χ0v) is 26.8. The van der Waals surface area contributed by atoms with Crippen molar-refractivity contribution in [2.75, 3.05) is 0 Å². The molecule has 222 valence electrons. The minimum atomic E-state index is -0.941. The van der Waals surface area contributed by atoms with Crippen LogP contribution in [0.2, 0.25) is 15.1 Å². The van der Waals surface area contributed by atoms with Crippen molar-refractivity contribution in [3.8, 4) is 11.5 Å². The van der Waals surface area contributed by atoms with Gasteiger partial charge in [-0.1, -0.05) is 83.3 Å². The fraction of sp³-hybridized carbons (Fsp3) is 0.156. The number of rotatable bonds is 12. The summed E-state index contributed by atoms with van der Waals surface area (Å²) in [5, 5.41) is 8.21. The number of halogens is 4. The Morgan fingerprint density at radius 1 is 0.884 bits per heavy atom. The average Bonchev–Trinajstić information content (AvgIpc) is 2.99. The molecule has 0 saturated heterocycles. The smallest absolute Gasteiger partial charge is 0.262 e. The lowest BCUT2D eigenvalue weighted by molar-refractivity contribution is -0.132. The first-order valence-electron chi connectivity index (χ1n) is 13.1. The van der Waals surface area contributed by atoms with E-state index in [1.165, 1.54) is 12.3 Å². The zero-order valence-electron chi connectivity index (χ0n) is 22.9. The largest absolute Gasteiger partial charge is 0.488 e. The molecular formula is C32H27BrCl3N3O4. The van der Waals surface area contributed by atoms with Crippen molar-refractivity contribution in [1.29, 1.82) is 0 Å². The third-order valence-corrected chi connectivity index (χ3v) is 7.69. The summed E-state index contributed by atoms with van der Waals surface area (Å²) in [6.45, 7) is 1.88. The maximum absolute atomic E-state index is 13.2. The number of carbonyl (C=O) groups is 2. The first-order chi connectivity index (χ1) is 20.7. The first-order valence-corrected chi connectivity index (χ1v) is 15.1. The summed E-state index contributed by atoms with van der Waals surface area (Å²) in [5.41, 5.74) is 4.97. The molecule has 2 N–H and O–H groups in total. The number of hydrogen-bond donors (Lipinski definition) is 2. The molecule has 4 aromatic rings. The Labute approximate surface area is 273 Å². The van der Waals surface area contributed by atoms with Crippen LogP contribution in [-0.2, 0) is 22.6 Å². The maximum atomic E-state index is 13.2. The number of carbonyl (C=O) groups excluding carboxylic acids is 2. The van der Waals surface area contributed by atoms with E-state index in [2.05, 4.69) is 31.8 Å². The molecule has 0 aliphatic carbocycles. The molecule has 0 aliphatic rings. The SMILES string of the molecule is C[C@@H](Oc1ccc(Cl)cc1Cl)C(=O)N[C@@H](Cc1ccccc1)C(=O)N/N=C\c1ccc(OCc2ccccc2Cl)c(Br)c1. The van der Waals surface area contributed by atoms with Crippen LogP contribution in [0.3, 0.4) is 0 Å². The van der Waals surface area contributed by atoms with Crippen LogP contribution in [0.4, 0.5) is 0 Å². The number of benzene rings is 4. The van der Waals surface area contributed by atoms with E-state index in [0.717, 1.165) is 11.1 Å². The van der Waals surface area contributed by atoms with E-state index in [-0.39, 0.29) is 11.4 Å². The van der Waals surface area contributed by atoms with Crippen LogP contribution < -0.4 is 20.2 Å². The predicted molar refractivity (Wildman–Crippen MR) is 174 cm³/mol. The molecule has 0 aromatic heterocycles. The minimum Gasteiger partial charge on any atom is -0.488 e. The molecule has 0 spiro atoms. The molecule has 43 heavy (non-hydrogen) atoms. The molecule has 0 radical (unpaired) electrons. The van der Waals surface area contributed by atoms with Crippen LogP contribution in [0.5, 0.6) is 11.5 Å². The maximum Gasteiger partial charge on any atom is 0.262 e. The van der Waals surface area contributed by atoms with E-state index in [1.807, 2.05) is 60.7 Å². The molecule has 0 fully saturated rings. The van der Waals surface area contributed by atoms with E-state index < -0.39 is 24.0 Å².